The van der Waals surface area contributed by atoms with Gasteiger partial charge < -0.3 is 14.9 Å². The van der Waals surface area contributed by atoms with E-state index in [0.29, 0.717) is 17.9 Å². The lowest BCUT2D eigenvalue weighted by Crippen LogP contribution is -2.52. The summed E-state index contributed by atoms with van der Waals surface area (Å²) in [6.07, 6.45) is 5.14. The van der Waals surface area contributed by atoms with Crippen LogP contribution in [0.15, 0.2) is 0 Å². The van der Waals surface area contributed by atoms with E-state index in [2.05, 4.69) is 13.8 Å². The number of carboxylic acid groups (broad SMARTS) is 1. The third kappa shape index (κ3) is 2.62. The van der Waals surface area contributed by atoms with Gasteiger partial charge >= 0.3 is 12.0 Å². The summed E-state index contributed by atoms with van der Waals surface area (Å²) >= 11 is 0. The highest BCUT2D eigenvalue weighted by molar-refractivity contribution is 5.84. The Kier molecular flexibility index (Phi) is 3.62. The van der Waals surface area contributed by atoms with Crippen molar-refractivity contribution >= 4 is 12.0 Å². The van der Waals surface area contributed by atoms with Crippen LogP contribution in [0.25, 0.3) is 0 Å². The molecule has 21 heavy (non-hydrogen) atoms. The number of hydrogen-bond donors (Lipinski definition) is 1. The van der Waals surface area contributed by atoms with Crippen LogP contribution in [0, 0.1) is 17.3 Å². The minimum absolute atomic E-state index is 0.0488. The molecule has 3 aliphatic rings. The van der Waals surface area contributed by atoms with Gasteiger partial charge in [0.1, 0.15) is 6.04 Å². The van der Waals surface area contributed by atoms with Crippen molar-refractivity contribution in [1.82, 2.24) is 9.80 Å². The average Bonchev–Trinajstić information content (AvgIpc) is 2.96. The first-order valence-corrected chi connectivity index (χ1v) is 8.17. The third-order valence-corrected chi connectivity index (χ3v) is 5.78. The molecule has 3 unspecified atom stereocenters. The maximum Gasteiger partial charge on any atom is 0.326 e. The number of hydrogen-bond acceptors (Lipinski definition) is 2. The van der Waals surface area contributed by atoms with Gasteiger partial charge in [-0.25, -0.2) is 9.59 Å². The average molecular weight is 294 g/mol. The molecule has 1 aliphatic carbocycles. The van der Waals surface area contributed by atoms with Crippen LogP contribution in [0.4, 0.5) is 4.79 Å². The number of aliphatic carboxylic acids is 1. The monoisotopic (exact) mass is 294 g/mol. The van der Waals surface area contributed by atoms with Gasteiger partial charge in [-0.3, -0.25) is 0 Å². The maximum atomic E-state index is 12.7. The highest BCUT2D eigenvalue weighted by Gasteiger charge is 2.50. The molecule has 1 saturated carbocycles. The molecule has 0 spiro atoms. The Morgan fingerprint density at radius 1 is 1.14 bits per heavy atom. The number of fused-ring (bicyclic) bond motifs is 1. The molecule has 0 aromatic rings. The summed E-state index contributed by atoms with van der Waals surface area (Å²) in [7, 11) is 0. The van der Waals surface area contributed by atoms with Crippen molar-refractivity contribution in [3.8, 4) is 0 Å². The fourth-order valence-corrected chi connectivity index (χ4v) is 4.30. The second-order valence-electron chi connectivity index (χ2n) is 7.72. The Bertz CT molecular complexity index is 439. The van der Waals surface area contributed by atoms with E-state index in [1.54, 1.807) is 4.90 Å². The van der Waals surface area contributed by atoms with E-state index in [4.69, 9.17) is 0 Å². The van der Waals surface area contributed by atoms with Crippen LogP contribution < -0.4 is 0 Å². The van der Waals surface area contributed by atoms with Gasteiger partial charge in [-0.1, -0.05) is 20.3 Å². The van der Waals surface area contributed by atoms with E-state index in [9.17, 15) is 14.7 Å². The number of nitrogens with zero attached hydrogens (tertiary/aromatic N) is 2. The number of likely N-dealkylation sites (tertiary alicyclic amines) is 2. The molecule has 2 aliphatic heterocycles. The summed E-state index contributed by atoms with van der Waals surface area (Å²) in [4.78, 5) is 27.9. The van der Waals surface area contributed by atoms with Crippen molar-refractivity contribution in [3.05, 3.63) is 0 Å². The van der Waals surface area contributed by atoms with Crippen molar-refractivity contribution < 1.29 is 14.7 Å². The predicted octanol–water partition coefficient (Wildman–Crippen LogP) is 2.41. The van der Waals surface area contributed by atoms with Crippen LogP contribution in [0.3, 0.4) is 0 Å². The minimum atomic E-state index is -0.824. The number of amides is 2. The van der Waals surface area contributed by atoms with E-state index >= 15 is 0 Å². The molecule has 5 nitrogen and oxygen atoms in total. The molecule has 3 rings (SSSR count). The van der Waals surface area contributed by atoms with E-state index in [-0.39, 0.29) is 11.9 Å². The molecule has 118 valence electrons. The molecule has 2 amide bonds. The molecule has 3 fully saturated rings. The largest absolute Gasteiger partial charge is 0.480 e. The van der Waals surface area contributed by atoms with Gasteiger partial charge in [-0.05, 0) is 42.9 Å². The molecule has 0 aromatic heterocycles. The Balaban J connectivity index is 1.71. The molecule has 0 bridgehead atoms. The summed E-state index contributed by atoms with van der Waals surface area (Å²) in [6.45, 7) is 6.61. The summed E-state index contributed by atoms with van der Waals surface area (Å²) in [6, 6.07) is -0.646. The van der Waals surface area contributed by atoms with Crippen molar-refractivity contribution in [2.45, 2.75) is 52.0 Å². The van der Waals surface area contributed by atoms with Crippen LogP contribution in [0.5, 0.6) is 0 Å². The molecule has 3 atom stereocenters. The number of piperidine rings is 1. The fourth-order valence-electron chi connectivity index (χ4n) is 4.30. The molecular formula is C16H26N2O3. The van der Waals surface area contributed by atoms with Crippen LogP contribution in [-0.4, -0.2) is 52.6 Å². The lowest BCUT2D eigenvalue weighted by atomic mass is 9.83. The van der Waals surface area contributed by atoms with Crippen LogP contribution in [-0.2, 0) is 4.79 Å². The SMILES string of the molecule is CC1(C)CCN(C(=O)N2CC3CCCC3C2C(=O)O)CC1. The fraction of sp³-hybridized carbons (Fsp3) is 0.875. The van der Waals surface area contributed by atoms with Crippen molar-refractivity contribution in [1.29, 1.82) is 0 Å². The Labute approximate surface area is 126 Å². The Morgan fingerprint density at radius 3 is 2.43 bits per heavy atom. The third-order valence-electron chi connectivity index (χ3n) is 5.78. The zero-order chi connectivity index (χ0) is 15.2. The van der Waals surface area contributed by atoms with Gasteiger partial charge in [0.25, 0.3) is 0 Å². The van der Waals surface area contributed by atoms with Crippen LogP contribution in [0.1, 0.15) is 46.0 Å². The second-order valence-corrected chi connectivity index (χ2v) is 7.72. The number of rotatable bonds is 1. The standard InChI is InChI=1S/C16H26N2O3/c1-16(2)6-8-17(9-7-16)15(21)18-10-11-4-3-5-12(11)13(18)14(19)20/h11-13H,3-10H2,1-2H3,(H,19,20). The van der Waals surface area contributed by atoms with Gasteiger partial charge in [0.05, 0.1) is 0 Å². The van der Waals surface area contributed by atoms with E-state index in [1.165, 1.54) is 0 Å². The first kappa shape index (κ1) is 14.7. The lowest BCUT2D eigenvalue weighted by Gasteiger charge is -2.39. The molecule has 2 heterocycles. The van der Waals surface area contributed by atoms with Crippen molar-refractivity contribution in [3.63, 3.8) is 0 Å². The van der Waals surface area contributed by atoms with Gasteiger partial charge in [-0.15, -0.1) is 0 Å². The molecule has 5 heteroatoms. The van der Waals surface area contributed by atoms with Gasteiger partial charge in [-0.2, -0.15) is 0 Å². The number of urea groups is 1. The smallest absolute Gasteiger partial charge is 0.326 e. The van der Waals surface area contributed by atoms with Crippen molar-refractivity contribution in [2.75, 3.05) is 19.6 Å². The van der Waals surface area contributed by atoms with E-state index in [0.717, 1.165) is 45.2 Å². The maximum absolute atomic E-state index is 12.7. The zero-order valence-electron chi connectivity index (χ0n) is 13.0. The first-order valence-electron chi connectivity index (χ1n) is 8.17. The predicted molar refractivity (Wildman–Crippen MR) is 78.9 cm³/mol. The van der Waals surface area contributed by atoms with E-state index in [1.807, 2.05) is 4.90 Å². The number of carbonyl (C=O) groups excluding carboxylic acids is 1. The summed E-state index contributed by atoms with van der Waals surface area (Å²) in [5.74, 6) is -0.251. The van der Waals surface area contributed by atoms with Gasteiger partial charge in [0, 0.05) is 19.6 Å². The molecule has 0 radical (unpaired) electrons. The summed E-state index contributed by atoms with van der Waals surface area (Å²) < 4.78 is 0. The Morgan fingerprint density at radius 2 is 1.81 bits per heavy atom. The minimum Gasteiger partial charge on any atom is -0.480 e. The molecule has 0 aromatic carbocycles. The summed E-state index contributed by atoms with van der Waals surface area (Å²) in [5, 5.41) is 9.55. The molecule has 1 N–H and O–H groups in total. The van der Waals surface area contributed by atoms with Crippen LogP contribution in [0.2, 0.25) is 0 Å². The summed E-state index contributed by atoms with van der Waals surface area (Å²) in [5.41, 5.74) is 0.296. The van der Waals surface area contributed by atoms with E-state index < -0.39 is 12.0 Å². The molecular weight excluding hydrogens is 268 g/mol. The number of carboxylic acids is 1. The Hall–Kier alpha value is -1.26. The van der Waals surface area contributed by atoms with Gasteiger partial charge in [0.15, 0.2) is 0 Å². The highest BCUT2D eigenvalue weighted by atomic mass is 16.4. The zero-order valence-corrected chi connectivity index (χ0v) is 13.0. The van der Waals surface area contributed by atoms with Crippen molar-refractivity contribution in [2.24, 2.45) is 17.3 Å². The number of carbonyl (C=O) groups is 2. The highest BCUT2D eigenvalue weighted by Crippen LogP contribution is 2.43. The normalized spacial score (nSPS) is 34.9. The topological polar surface area (TPSA) is 60.9 Å². The second kappa shape index (κ2) is 5.18. The van der Waals surface area contributed by atoms with Crippen LogP contribution >= 0.6 is 0 Å². The molecule has 2 saturated heterocycles. The quantitative estimate of drug-likeness (QED) is 0.808. The van der Waals surface area contributed by atoms with Gasteiger partial charge in [0.2, 0.25) is 0 Å². The lowest BCUT2D eigenvalue weighted by molar-refractivity contribution is -0.142. The first-order chi connectivity index (χ1) is 9.89.